The Labute approximate surface area is 156 Å². The van der Waals surface area contributed by atoms with Crippen LogP contribution in [0, 0.1) is 5.82 Å². The van der Waals surface area contributed by atoms with Gasteiger partial charge in [-0.3, -0.25) is 0 Å². The van der Waals surface area contributed by atoms with Gasteiger partial charge in [-0.25, -0.2) is 9.18 Å². The summed E-state index contributed by atoms with van der Waals surface area (Å²) in [5, 5.41) is 8.70. The Kier molecular flexibility index (Phi) is 5.33. The Morgan fingerprint density at radius 1 is 1.31 bits per heavy atom. The van der Waals surface area contributed by atoms with E-state index in [0.717, 1.165) is 30.5 Å². The minimum absolute atomic E-state index is 0.0432. The number of likely N-dealkylation sites (tertiary alicyclic amines) is 1. The standard InChI is InChI=1S/C19H24FN3O2S/c20-14-4-5-16-17(11-14)25-22-18(16)13-6-8-23(9-7-13)19(24)21-12-15-3-1-2-10-26-15/h4-5,11,13,15H,1-3,6-10,12H2,(H,21,24). The fraction of sp³-hybridized carbons (Fsp3) is 0.579. The molecule has 0 aliphatic carbocycles. The maximum atomic E-state index is 13.3. The molecular weight excluding hydrogens is 353 g/mol. The molecule has 2 fully saturated rings. The first kappa shape index (κ1) is 17.6. The zero-order chi connectivity index (χ0) is 17.9. The number of benzene rings is 1. The van der Waals surface area contributed by atoms with Crippen LogP contribution in [0.5, 0.6) is 0 Å². The number of nitrogens with zero attached hydrogens (tertiary/aromatic N) is 2. The third-order valence-electron chi connectivity index (χ3n) is 5.39. The van der Waals surface area contributed by atoms with Crippen molar-refractivity contribution in [1.82, 2.24) is 15.4 Å². The molecule has 1 unspecified atom stereocenters. The number of hydrogen-bond acceptors (Lipinski definition) is 4. The third kappa shape index (κ3) is 3.82. The van der Waals surface area contributed by atoms with Crippen molar-refractivity contribution in [2.45, 2.75) is 43.3 Å². The first-order valence-corrected chi connectivity index (χ1v) is 10.4. The highest BCUT2D eigenvalue weighted by atomic mass is 32.2. The second-order valence-corrected chi connectivity index (χ2v) is 8.55. The molecule has 140 valence electrons. The zero-order valence-corrected chi connectivity index (χ0v) is 15.6. The van der Waals surface area contributed by atoms with E-state index >= 15 is 0 Å². The van der Waals surface area contributed by atoms with Crippen LogP contribution in [0.4, 0.5) is 9.18 Å². The highest BCUT2D eigenvalue weighted by Gasteiger charge is 2.27. The number of carbonyl (C=O) groups is 1. The number of urea groups is 1. The van der Waals surface area contributed by atoms with Crippen molar-refractivity contribution in [3.63, 3.8) is 0 Å². The number of nitrogens with one attached hydrogen (secondary N) is 1. The van der Waals surface area contributed by atoms with Crippen molar-refractivity contribution < 1.29 is 13.7 Å². The lowest BCUT2D eigenvalue weighted by atomic mass is 9.92. The van der Waals surface area contributed by atoms with Crippen LogP contribution in [0.2, 0.25) is 0 Å². The molecule has 2 aromatic rings. The van der Waals surface area contributed by atoms with Gasteiger partial charge in [-0.05, 0) is 43.6 Å². The first-order valence-electron chi connectivity index (χ1n) is 9.40. The molecule has 4 rings (SSSR count). The van der Waals surface area contributed by atoms with E-state index in [-0.39, 0.29) is 17.8 Å². The summed E-state index contributed by atoms with van der Waals surface area (Å²) in [6.45, 7) is 2.19. The van der Waals surface area contributed by atoms with Crippen LogP contribution in [-0.2, 0) is 0 Å². The number of hydrogen-bond donors (Lipinski definition) is 1. The number of thioether (sulfide) groups is 1. The first-order chi connectivity index (χ1) is 12.7. The summed E-state index contributed by atoms with van der Waals surface area (Å²) >= 11 is 1.97. The molecule has 2 saturated heterocycles. The van der Waals surface area contributed by atoms with Crippen LogP contribution in [0.25, 0.3) is 11.0 Å². The average molecular weight is 377 g/mol. The molecule has 1 aromatic heterocycles. The van der Waals surface area contributed by atoms with Crippen molar-refractivity contribution in [3.05, 3.63) is 29.7 Å². The topological polar surface area (TPSA) is 58.4 Å². The van der Waals surface area contributed by atoms with Gasteiger partial charge in [0.05, 0.1) is 5.69 Å². The fourth-order valence-corrected chi connectivity index (χ4v) is 5.10. The predicted molar refractivity (Wildman–Crippen MR) is 101 cm³/mol. The molecule has 2 aliphatic heterocycles. The van der Waals surface area contributed by atoms with E-state index in [1.807, 2.05) is 16.7 Å². The Bertz CT molecular complexity index is 767. The molecule has 0 saturated carbocycles. The molecule has 5 nitrogen and oxygen atoms in total. The summed E-state index contributed by atoms with van der Waals surface area (Å²) in [6.07, 6.45) is 5.47. The van der Waals surface area contributed by atoms with E-state index in [2.05, 4.69) is 10.5 Å². The molecular formula is C19H24FN3O2S. The van der Waals surface area contributed by atoms with Crippen molar-refractivity contribution >= 4 is 28.8 Å². The van der Waals surface area contributed by atoms with Crippen LogP contribution in [0.15, 0.2) is 22.7 Å². The molecule has 2 aliphatic rings. The highest BCUT2D eigenvalue weighted by molar-refractivity contribution is 7.99. The van der Waals surface area contributed by atoms with Crippen molar-refractivity contribution in [2.24, 2.45) is 0 Å². The summed E-state index contributed by atoms with van der Waals surface area (Å²) in [5.41, 5.74) is 1.38. The summed E-state index contributed by atoms with van der Waals surface area (Å²) < 4.78 is 18.6. The summed E-state index contributed by atoms with van der Waals surface area (Å²) in [4.78, 5) is 14.3. The van der Waals surface area contributed by atoms with Crippen LogP contribution in [-0.4, -0.2) is 46.7 Å². The van der Waals surface area contributed by atoms with E-state index in [1.165, 1.54) is 37.1 Å². The minimum Gasteiger partial charge on any atom is -0.356 e. The van der Waals surface area contributed by atoms with Gasteiger partial charge in [-0.15, -0.1) is 0 Å². The summed E-state index contributed by atoms with van der Waals surface area (Å²) in [7, 11) is 0. The number of amides is 2. The smallest absolute Gasteiger partial charge is 0.317 e. The SMILES string of the molecule is O=C(NCC1CCCCS1)N1CCC(c2noc3cc(F)ccc23)CC1. The molecule has 0 radical (unpaired) electrons. The molecule has 7 heteroatoms. The van der Waals surface area contributed by atoms with Gasteiger partial charge in [0, 0.05) is 42.3 Å². The van der Waals surface area contributed by atoms with Crippen LogP contribution in [0.3, 0.4) is 0 Å². The fourth-order valence-electron chi connectivity index (χ4n) is 3.86. The van der Waals surface area contributed by atoms with Crippen molar-refractivity contribution in [2.75, 3.05) is 25.4 Å². The van der Waals surface area contributed by atoms with E-state index in [0.29, 0.717) is 23.9 Å². The molecule has 2 amide bonds. The van der Waals surface area contributed by atoms with E-state index in [9.17, 15) is 9.18 Å². The molecule has 0 spiro atoms. The van der Waals surface area contributed by atoms with Gasteiger partial charge < -0.3 is 14.7 Å². The maximum absolute atomic E-state index is 13.3. The Hall–Kier alpha value is -1.76. The second-order valence-electron chi connectivity index (χ2n) is 7.14. The highest BCUT2D eigenvalue weighted by Crippen LogP contribution is 2.32. The van der Waals surface area contributed by atoms with Crippen LogP contribution < -0.4 is 5.32 Å². The number of halogens is 1. The average Bonchev–Trinajstić information content (AvgIpc) is 3.10. The number of piperidine rings is 1. The lowest BCUT2D eigenvalue weighted by Crippen LogP contribution is -2.46. The molecule has 1 aromatic carbocycles. The van der Waals surface area contributed by atoms with E-state index < -0.39 is 0 Å². The van der Waals surface area contributed by atoms with Gasteiger partial charge in [0.1, 0.15) is 5.82 Å². The number of aromatic nitrogens is 1. The molecule has 3 heterocycles. The number of rotatable bonds is 3. The zero-order valence-electron chi connectivity index (χ0n) is 14.7. The summed E-state index contributed by atoms with van der Waals surface area (Å²) in [5.74, 6) is 1.14. The Balaban J connectivity index is 1.31. The van der Waals surface area contributed by atoms with Crippen molar-refractivity contribution in [3.8, 4) is 0 Å². The Morgan fingerprint density at radius 2 is 2.15 bits per heavy atom. The Morgan fingerprint density at radius 3 is 2.92 bits per heavy atom. The molecule has 1 N–H and O–H groups in total. The van der Waals surface area contributed by atoms with Gasteiger partial charge >= 0.3 is 6.03 Å². The lowest BCUT2D eigenvalue weighted by Gasteiger charge is -2.32. The largest absolute Gasteiger partial charge is 0.356 e. The van der Waals surface area contributed by atoms with E-state index in [4.69, 9.17) is 4.52 Å². The second kappa shape index (κ2) is 7.86. The maximum Gasteiger partial charge on any atom is 0.317 e. The number of fused-ring (bicyclic) bond motifs is 1. The quantitative estimate of drug-likeness (QED) is 0.873. The predicted octanol–water partition coefficient (Wildman–Crippen LogP) is 4.14. The van der Waals surface area contributed by atoms with Crippen LogP contribution >= 0.6 is 11.8 Å². The van der Waals surface area contributed by atoms with Gasteiger partial charge in [0.2, 0.25) is 0 Å². The van der Waals surface area contributed by atoms with Gasteiger partial charge in [0.15, 0.2) is 5.58 Å². The van der Waals surface area contributed by atoms with Crippen molar-refractivity contribution in [1.29, 1.82) is 0 Å². The van der Waals surface area contributed by atoms with Crippen LogP contribution in [0.1, 0.15) is 43.7 Å². The molecule has 26 heavy (non-hydrogen) atoms. The monoisotopic (exact) mass is 377 g/mol. The normalized spacial score (nSPS) is 21.9. The van der Waals surface area contributed by atoms with Gasteiger partial charge in [0.25, 0.3) is 0 Å². The van der Waals surface area contributed by atoms with E-state index in [1.54, 1.807) is 6.07 Å². The summed E-state index contributed by atoms with van der Waals surface area (Å²) in [6, 6.07) is 4.59. The van der Waals surface area contributed by atoms with Gasteiger partial charge in [-0.1, -0.05) is 11.6 Å². The molecule has 0 bridgehead atoms. The third-order valence-corrected chi connectivity index (χ3v) is 6.78. The number of carbonyl (C=O) groups excluding carboxylic acids is 1. The van der Waals surface area contributed by atoms with Gasteiger partial charge in [-0.2, -0.15) is 11.8 Å². The minimum atomic E-state index is -0.317. The molecule has 1 atom stereocenters. The lowest BCUT2D eigenvalue weighted by molar-refractivity contribution is 0.180.